The summed E-state index contributed by atoms with van der Waals surface area (Å²) in [6.07, 6.45) is 0. The number of hydrogen-bond acceptors (Lipinski definition) is 3. The maximum absolute atomic E-state index is 13.5. The van der Waals surface area contributed by atoms with Crippen LogP contribution in [-0.4, -0.2) is 31.7 Å². The Kier molecular flexibility index (Phi) is 5.63. The van der Waals surface area contributed by atoms with Crippen LogP contribution in [0.4, 0.5) is 14.5 Å². The molecule has 0 aliphatic heterocycles. The smallest absolute Gasteiger partial charge is 0.243 e. The zero-order chi connectivity index (χ0) is 17.7. The average molecular weight is 354 g/mol. The molecule has 24 heavy (non-hydrogen) atoms. The standard InChI is InChI=1S/C16H16F2N2O3S/c1-2-20(24(22,23)13-6-4-3-5-7-13)11-16(21)19-15-10-12(17)8-9-14(15)18/h3-10H,2,11H2,1H3,(H,19,21). The van der Waals surface area contributed by atoms with Gasteiger partial charge in [0.15, 0.2) is 0 Å². The zero-order valence-electron chi connectivity index (χ0n) is 12.9. The molecule has 0 aromatic heterocycles. The molecule has 0 unspecified atom stereocenters. The number of hydrogen-bond donors (Lipinski definition) is 1. The summed E-state index contributed by atoms with van der Waals surface area (Å²) in [7, 11) is -3.85. The number of rotatable bonds is 6. The van der Waals surface area contributed by atoms with E-state index in [0.717, 1.165) is 22.5 Å². The molecule has 0 saturated heterocycles. The van der Waals surface area contributed by atoms with Crippen molar-refractivity contribution >= 4 is 21.6 Å². The zero-order valence-corrected chi connectivity index (χ0v) is 13.7. The minimum atomic E-state index is -3.85. The first kappa shape index (κ1) is 18.0. The molecule has 5 nitrogen and oxygen atoms in total. The second-order valence-electron chi connectivity index (χ2n) is 4.92. The molecule has 0 bridgehead atoms. The molecule has 1 N–H and O–H groups in total. The summed E-state index contributed by atoms with van der Waals surface area (Å²) in [5.41, 5.74) is -0.340. The van der Waals surface area contributed by atoms with Gasteiger partial charge in [0.1, 0.15) is 11.6 Å². The topological polar surface area (TPSA) is 66.5 Å². The molecule has 0 aliphatic rings. The van der Waals surface area contributed by atoms with Crippen molar-refractivity contribution in [3.05, 3.63) is 60.2 Å². The Hall–Kier alpha value is -2.32. The Morgan fingerprint density at radius 3 is 2.42 bits per heavy atom. The molecule has 0 aliphatic carbocycles. The fourth-order valence-corrected chi connectivity index (χ4v) is 3.48. The highest BCUT2D eigenvalue weighted by Gasteiger charge is 2.25. The van der Waals surface area contributed by atoms with Crippen molar-refractivity contribution in [3.8, 4) is 0 Å². The van der Waals surface area contributed by atoms with E-state index in [1.807, 2.05) is 0 Å². The first-order valence-corrected chi connectivity index (χ1v) is 8.58. The van der Waals surface area contributed by atoms with Crippen LogP contribution in [0.2, 0.25) is 0 Å². The molecule has 0 heterocycles. The number of halogens is 2. The normalized spacial score (nSPS) is 11.5. The number of benzene rings is 2. The summed E-state index contributed by atoms with van der Waals surface area (Å²) in [6.45, 7) is 1.12. The summed E-state index contributed by atoms with van der Waals surface area (Å²) < 4.78 is 52.6. The highest BCUT2D eigenvalue weighted by Crippen LogP contribution is 2.17. The number of nitrogens with zero attached hydrogens (tertiary/aromatic N) is 1. The molecule has 8 heteroatoms. The number of carbonyl (C=O) groups excluding carboxylic acids is 1. The SMILES string of the molecule is CCN(CC(=O)Nc1cc(F)ccc1F)S(=O)(=O)c1ccccc1. The van der Waals surface area contributed by atoms with Crippen molar-refractivity contribution < 1.29 is 22.0 Å². The Balaban J connectivity index is 2.15. The highest BCUT2D eigenvalue weighted by atomic mass is 32.2. The number of sulfonamides is 1. The van der Waals surface area contributed by atoms with Crippen molar-refractivity contribution in [2.45, 2.75) is 11.8 Å². The van der Waals surface area contributed by atoms with E-state index in [-0.39, 0.29) is 17.1 Å². The van der Waals surface area contributed by atoms with Gasteiger partial charge in [0.05, 0.1) is 17.1 Å². The second-order valence-corrected chi connectivity index (χ2v) is 6.85. The van der Waals surface area contributed by atoms with Crippen LogP contribution in [-0.2, 0) is 14.8 Å². The van der Waals surface area contributed by atoms with Gasteiger partial charge in [-0.15, -0.1) is 0 Å². The van der Waals surface area contributed by atoms with Crippen LogP contribution in [0.25, 0.3) is 0 Å². The number of likely N-dealkylation sites (N-methyl/N-ethyl adjacent to an activating group) is 1. The third-order valence-electron chi connectivity index (χ3n) is 3.26. The monoisotopic (exact) mass is 354 g/mol. The Morgan fingerprint density at radius 2 is 1.79 bits per heavy atom. The number of carbonyl (C=O) groups is 1. The van der Waals surface area contributed by atoms with Gasteiger partial charge in [-0.05, 0) is 24.3 Å². The van der Waals surface area contributed by atoms with Crippen molar-refractivity contribution in [2.75, 3.05) is 18.4 Å². The number of amides is 1. The minimum Gasteiger partial charge on any atom is -0.322 e. The lowest BCUT2D eigenvalue weighted by Crippen LogP contribution is -2.37. The summed E-state index contributed by atoms with van der Waals surface area (Å²) in [6, 6.07) is 10.3. The van der Waals surface area contributed by atoms with Crippen LogP contribution in [0.3, 0.4) is 0 Å². The van der Waals surface area contributed by atoms with E-state index in [2.05, 4.69) is 5.32 Å². The average Bonchev–Trinajstić information content (AvgIpc) is 2.56. The molecule has 0 radical (unpaired) electrons. The Morgan fingerprint density at radius 1 is 1.12 bits per heavy atom. The van der Waals surface area contributed by atoms with Gasteiger partial charge in [0, 0.05) is 12.6 Å². The lowest BCUT2D eigenvalue weighted by atomic mass is 10.3. The van der Waals surface area contributed by atoms with Gasteiger partial charge in [-0.3, -0.25) is 4.79 Å². The van der Waals surface area contributed by atoms with E-state index >= 15 is 0 Å². The van der Waals surface area contributed by atoms with Crippen molar-refractivity contribution in [2.24, 2.45) is 0 Å². The fourth-order valence-electron chi connectivity index (χ4n) is 2.05. The molecule has 2 aromatic carbocycles. The van der Waals surface area contributed by atoms with E-state index in [1.54, 1.807) is 25.1 Å². The lowest BCUT2D eigenvalue weighted by Gasteiger charge is -2.20. The molecule has 0 fully saturated rings. The highest BCUT2D eigenvalue weighted by molar-refractivity contribution is 7.89. The third-order valence-corrected chi connectivity index (χ3v) is 5.19. The predicted molar refractivity (Wildman–Crippen MR) is 85.9 cm³/mol. The van der Waals surface area contributed by atoms with Crippen LogP contribution in [0.1, 0.15) is 6.92 Å². The van der Waals surface area contributed by atoms with E-state index in [4.69, 9.17) is 0 Å². The van der Waals surface area contributed by atoms with Crippen LogP contribution in [0.5, 0.6) is 0 Å². The maximum Gasteiger partial charge on any atom is 0.243 e. The van der Waals surface area contributed by atoms with Crippen molar-refractivity contribution in [3.63, 3.8) is 0 Å². The summed E-state index contributed by atoms with van der Waals surface area (Å²) in [5.74, 6) is -2.28. The van der Waals surface area contributed by atoms with Crippen molar-refractivity contribution in [1.29, 1.82) is 0 Å². The third kappa shape index (κ3) is 4.15. The van der Waals surface area contributed by atoms with Gasteiger partial charge in [-0.1, -0.05) is 25.1 Å². The first-order valence-electron chi connectivity index (χ1n) is 7.14. The molecular formula is C16H16F2N2O3S. The van der Waals surface area contributed by atoms with Crippen LogP contribution >= 0.6 is 0 Å². The molecular weight excluding hydrogens is 338 g/mol. The van der Waals surface area contributed by atoms with E-state index in [1.165, 1.54) is 12.1 Å². The van der Waals surface area contributed by atoms with Gasteiger partial charge < -0.3 is 5.32 Å². The molecule has 128 valence electrons. The molecule has 0 saturated carbocycles. The van der Waals surface area contributed by atoms with Gasteiger partial charge in [0.2, 0.25) is 15.9 Å². The molecule has 0 spiro atoms. The van der Waals surface area contributed by atoms with Crippen LogP contribution in [0.15, 0.2) is 53.4 Å². The second kappa shape index (κ2) is 7.50. The predicted octanol–water partition coefficient (Wildman–Crippen LogP) is 2.61. The van der Waals surface area contributed by atoms with Crippen LogP contribution in [0, 0.1) is 11.6 Å². The molecule has 1 amide bonds. The summed E-state index contributed by atoms with van der Waals surface area (Å²) in [4.78, 5) is 12.1. The summed E-state index contributed by atoms with van der Waals surface area (Å²) in [5, 5.41) is 2.18. The first-order chi connectivity index (χ1) is 11.3. The minimum absolute atomic E-state index is 0.0519. The molecule has 0 atom stereocenters. The maximum atomic E-state index is 13.5. The van der Waals surface area contributed by atoms with E-state index < -0.39 is 34.1 Å². The number of anilines is 1. The van der Waals surface area contributed by atoms with Crippen molar-refractivity contribution in [1.82, 2.24) is 4.31 Å². The van der Waals surface area contributed by atoms with Gasteiger partial charge >= 0.3 is 0 Å². The quantitative estimate of drug-likeness (QED) is 0.867. The Labute approximate surface area is 139 Å². The van der Waals surface area contributed by atoms with Gasteiger partial charge in [-0.2, -0.15) is 4.31 Å². The van der Waals surface area contributed by atoms with E-state index in [9.17, 15) is 22.0 Å². The Bertz CT molecular complexity index is 826. The molecule has 2 rings (SSSR count). The van der Waals surface area contributed by atoms with Gasteiger partial charge in [-0.25, -0.2) is 17.2 Å². The number of nitrogens with one attached hydrogen (secondary N) is 1. The van der Waals surface area contributed by atoms with E-state index in [0.29, 0.717) is 0 Å². The molecule has 2 aromatic rings. The lowest BCUT2D eigenvalue weighted by molar-refractivity contribution is -0.116. The van der Waals surface area contributed by atoms with Gasteiger partial charge in [0.25, 0.3) is 0 Å². The largest absolute Gasteiger partial charge is 0.322 e. The van der Waals surface area contributed by atoms with Crippen LogP contribution < -0.4 is 5.32 Å². The summed E-state index contributed by atoms with van der Waals surface area (Å²) >= 11 is 0. The fraction of sp³-hybridized carbons (Fsp3) is 0.188.